The number of hydrogen-bond donors (Lipinski definition) is 0. The molecule has 3 nitrogen and oxygen atoms in total. The smallest absolute Gasteiger partial charge is 0.153 e. The summed E-state index contributed by atoms with van der Waals surface area (Å²) in [5, 5.41) is 1.69. The largest absolute Gasteiger partial charge is 0.305 e. The minimum Gasteiger partial charge on any atom is -0.305 e. The van der Waals surface area contributed by atoms with Crippen molar-refractivity contribution in [3.8, 4) is 21.1 Å². The van der Waals surface area contributed by atoms with E-state index in [-0.39, 0.29) is 5.69 Å². The Morgan fingerprint density at radius 2 is 0.950 bits per heavy atom. The van der Waals surface area contributed by atoms with Crippen molar-refractivity contribution < 1.29 is 13.2 Å². The van der Waals surface area contributed by atoms with E-state index in [9.17, 15) is 4.39 Å². The average Bonchev–Trinajstić information content (AvgIpc) is 3.60. The molecule has 0 aliphatic heterocycles. The van der Waals surface area contributed by atoms with Crippen LogP contribution in [0.5, 0.6) is 0 Å². The summed E-state index contributed by atoms with van der Waals surface area (Å²) >= 11 is 3.15. The maximum atomic E-state index is 15.1. The van der Waals surface area contributed by atoms with Gasteiger partial charge in [0.05, 0.1) is 20.4 Å². The molecule has 5 aromatic carbocycles. The van der Waals surface area contributed by atoms with Gasteiger partial charge in [0.15, 0.2) is 11.6 Å². The van der Waals surface area contributed by atoms with Crippen LogP contribution in [0.2, 0.25) is 0 Å². The summed E-state index contributed by atoms with van der Waals surface area (Å²) in [5.74, 6) is -2.97. The van der Waals surface area contributed by atoms with Crippen molar-refractivity contribution in [2.75, 3.05) is 4.90 Å². The van der Waals surface area contributed by atoms with Gasteiger partial charge in [-0.15, -0.1) is 22.7 Å². The zero-order valence-corrected chi connectivity index (χ0v) is 22.3. The van der Waals surface area contributed by atoms with E-state index in [1.165, 1.54) is 4.90 Å². The number of rotatable bonds is 5. The molecule has 0 spiro atoms. The van der Waals surface area contributed by atoms with Crippen molar-refractivity contribution in [2.45, 2.75) is 0 Å². The summed E-state index contributed by atoms with van der Waals surface area (Å²) in [6, 6.07) is 31.8. The number of halogens is 3. The van der Waals surface area contributed by atoms with E-state index in [2.05, 4.69) is 0 Å². The normalized spacial score (nSPS) is 11.4. The predicted octanol–water partition coefficient (Wildman–Crippen LogP) is 10.1. The molecule has 0 aliphatic carbocycles. The molecule has 2 aromatic heterocycles. The molecule has 40 heavy (non-hydrogen) atoms. The van der Waals surface area contributed by atoms with Crippen LogP contribution in [0, 0.1) is 17.5 Å². The predicted molar refractivity (Wildman–Crippen MR) is 158 cm³/mol. The Kier molecular flexibility index (Phi) is 6.06. The third-order valence-electron chi connectivity index (χ3n) is 6.54. The van der Waals surface area contributed by atoms with Crippen LogP contribution in [0.4, 0.5) is 30.2 Å². The SMILES string of the molecule is Fc1cc(F)c(N(c2ccc(-c3nc4ccccc4s3)cc2)c2ccc(-c3nc4ccccc4s3)cc2)c(F)c1. The fraction of sp³-hybridized carbons (Fsp3) is 0. The lowest BCUT2D eigenvalue weighted by atomic mass is 10.1. The number of thiazole rings is 2. The third-order valence-corrected chi connectivity index (χ3v) is 8.71. The highest BCUT2D eigenvalue weighted by atomic mass is 32.1. The summed E-state index contributed by atoms with van der Waals surface area (Å²) in [6.07, 6.45) is 0. The van der Waals surface area contributed by atoms with Gasteiger partial charge in [0.1, 0.15) is 21.5 Å². The Balaban J connectivity index is 1.30. The van der Waals surface area contributed by atoms with Crippen LogP contribution in [0.25, 0.3) is 41.6 Å². The van der Waals surface area contributed by atoms with Crippen molar-refractivity contribution in [1.82, 2.24) is 9.97 Å². The highest BCUT2D eigenvalue weighted by Crippen LogP contribution is 2.40. The first-order chi connectivity index (χ1) is 19.5. The molecule has 7 aromatic rings. The van der Waals surface area contributed by atoms with Crippen molar-refractivity contribution in [1.29, 1.82) is 0 Å². The Hall–Kier alpha value is -4.53. The first-order valence-electron chi connectivity index (χ1n) is 12.4. The molecule has 0 fully saturated rings. The first-order valence-corrected chi connectivity index (χ1v) is 14.0. The van der Waals surface area contributed by atoms with E-state index < -0.39 is 17.5 Å². The van der Waals surface area contributed by atoms with Crippen LogP contribution in [-0.2, 0) is 0 Å². The monoisotopic (exact) mass is 565 g/mol. The number of fused-ring (bicyclic) bond motifs is 2. The molecule has 0 saturated heterocycles. The van der Waals surface area contributed by atoms with E-state index in [4.69, 9.17) is 9.97 Å². The van der Waals surface area contributed by atoms with Crippen LogP contribution in [0.15, 0.2) is 109 Å². The molecule has 0 unspecified atom stereocenters. The molecule has 0 atom stereocenters. The highest BCUT2D eigenvalue weighted by molar-refractivity contribution is 7.22. The van der Waals surface area contributed by atoms with Gasteiger partial charge in [-0.1, -0.05) is 24.3 Å². The zero-order valence-electron chi connectivity index (χ0n) is 20.7. The molecular formula is C32H18F3N3S2. The molecule has 0 N–H and O–H groups in total. The Bertz CT molecular complexity index is 1790. The molecule has 8 heteroatoms. The number of aromatic nitrogens is 2. The van der Waals surface area contributed by atoms with Gasteiger partial charge in [-0.3, -0.25) is 0 Å². The molecule has 2 heterocycles. The molecule has 0 radical (unpaired) electrons. The number of hydrogen-bond acceptors (Lipinski definition) is 5. The van der Waals surface area contributed by atoms with E-state index in [1.54, 1.807) is 46.9 Å². The molecular weight excluding hydrogens is 548 g/mol. The van der Waals surface area contributed by atoms with Crippen molar-refractivity contribution in [3.63, 3.8) is 0 Å². The van der Waals surface area contributed by atoms with Gasteiger partial charge in [-0.05, 0) is 72.8 Å². The second kappa shape index (κ2) is 9.89. The Morgan fingerprint density at radius 1 is 0.525 bits per heavy atom. The summed E-state index contributed by atoms with van der Waals surface area (Å²) < 4.78 is 46.2. The van der Waals surface area contributed by atoms with Crippen LogP contribution in [-0.4, -0.2) is 9.97 Å². The van der Waals surface area contributed by atoms with Gasteiger partial charge in [0, 0.05) is 34.6 Å². The van der Waals surface area contributed by atoms with Crippen LogP contribution in [0.3, 0.4) is 0 Å². The summed E-state index contributed by atoms with van der Waals surface area (Å²) in [5.41, 5.74) is 4.27. The molecule has 0 aliphatic rings. The number of benzene rings is 5. The quantitative estimate of drug-likeness (QED) is 0.208. The maximum absolute atomic E-state index is 15.1. The van der Waals surface area contributed by atoms with Gasteiger partial charge in [-0.25, -0.2) is 23.1 Å². The van der Waals surface area contributed by atoms with E-state index in [0.29, 0.717) is 23.5 Å². The number of para-hydroxylation sites is 2. The topological polar surface area (TPSA) is 29.0 Å². The van der Waals surface area contributed by atoms with Crippen molar-refractivity contribution in [2.24, 2.45) is 0 Å². The highest BCUT2D eigenvalue weighted by Gasteiger charge is 2.22. The molecule has 7 rings (SSSR count). The van der Waals surface area contributed by atoms with E-state index in [0.717, 1.165) is 41.6 Å². The summed E-state index contributed by atoms with van der Waals surface area (Å²) in [7, 11) is 0. The fourth-order valence-corrected chi connectivity index (χ4v) is 6.60. The van der Waals surface area contributed by atoms with Gasteiger partial charge < -0.3 is 4.90 Å². The number of nitrogens with zero attached hydrogens (tertiary/aromatic N) is 3. The van der Waals surface area contributed by atoms with Gasteiger partial charge >= 0.3 is 0 Å². The van der Waals surface area contributed by atoms with Gasteiger partial charge in [0.25, 0.3) is 0 Å². The third kappa shape index (κ3) is 4.41. The zero-order chi connectivity index (χ0) is 27.2. The van der Waals surface area contributed by atoms with Crippen LogP contribution < -0.4 is 4.90 Å². The fourth-order valence-electron chi connectivity index (χ4n) is 4.65. The van der Waals surface area contributed by atoms with Crippen LogP contribution in [0.1, 0.15) is 0 Å². The molecule has 0 bridgehead atoms. The number of anilines is 3. The lowest BCUT2D eigenvalue weighted by molar-refractivity contribution is 0.545. The Morgan fingerprint density at radius 3 is 1.38 bits per heavy atom. The minimum absolute atomic E-state index is 0.359. The van der Waals surface area contributed by atoms with Gasteiger partial charge in [0.2, 0.25) is 0 Å². The van der Waals surface area contributed by atoms with Gasteiger partial charge in [-0.2, -0.15) is 0 Å². The van der Waals surface area contributed by atoms with Crippen molar-refractivity contribution in [3.05, 3.63) is 127 Å². The average molecular weight is 566 g/mol. The molecule has 0 amide bonds. The van der Waals surface area contributed by atoms with E-state index >= 15 is 8.78 Å². The summed E-state index contributed by atoms with van der Waals surface area (Å²) in [6.45, 7) is 0. The molecule has 0 saturated carbocycles. The summed E-state index contributed by atoms with van der Waals surface area (Å²) in [4.78, 5) is 10.9. The van der Waals surface area contributed by atoms with Crippen LogP contribution >= 0.6 is 22.7 Å². The lowest BCUT2D eigenvalue weighted by Crippen LogP contribution is -2.14. The maximum Gasteiger partial charge on any atom is 0.153 e. The Labute approximate surface area is 235 Å². The van der Waals surface area contributed by atoms with Crippen molar-refractivity contribution >= 4 is 60.2 Å². The molecule has 194 valence electrons. The second-order valence-corrected chi connectivity index (χ2v) is 11.2. The standard InChI is InChI=1S/C32H18F3N3S2/c33-21-17-24(34)30(25(35)18-21)38(22-13-9-19(10-14-22)31-36-26-5-1-3-7-28(26)39-31)23-15-11-20(12-16-23)32-37-27-6-2-4-8-29(27)40-32/h1-18H. The van der Waals surface area contributed by atoms with E-state index in [1.807, 2.05) is 72.8 Å². The second-order valence-electron chi connectivity index (χ2n) is 9.12. The first kappa shape index (κ1) is 24.5. The minimum atomic E-state index is -0.997. The lowest BCUT2D eigenvalue weighted by Gasteiger charge is -2.26.